The Hall–Kier alpha value is -1.55. The van der Waals surface area contributed by atoms with Crippen molar-refractivity contribution in [3.8, 4) is 5.75 Å². The molecular formula is C15H20N2O2. The molecule has 0 bridgehead atoms. The van der Waals surface area contributed by atoms with Crippen molar-refractivity contribution in [1.82, 2.24) is 5.32 Å². The van der Waals surface area contributed by atoms with Gasteiger partial charge in [0.25, 0.3) is 0 Å². The molecule has 0 radical (unpaired) electrons. The summed E-state index contributed by atoms with van der Waals surface area (Å²) in [6.45, 7) is 0. The van der Waals surface area contributed by atoms with Crippen molar-refractivity contribution < 1.29 is 9.53 Å². The number of hydrogen-bond acceptors (Lipinski definition) is 3. The van der Waals surface area contributed by atoms with Gasteiger partial charge in [0, 0.05) is 12.5 Å². The van der Waals surface area contributed by atoms with E-state index in [-0.39, 0.29) is 5.91 Å². The third-order valence-corrected chi connectivity index (χ3v) is 4.26. The number of benzene rings is 1. The smallest absolute Gasteiger partial charge is 0.238 e. The van der Waals surface area contributed by atoms with Crippen molar-refractivity contribution >= 4 is 5.91 Å². The Kier molecular flexibility index (Phi) is 2.97. The molecule has 2 aliphatic carbocycles. The van der Waals surface area contributed by atoms with Crippen molar-refractivity contribution in [3.05, 3.63) is 29.3 Å². The molecule has 4 nitrogen and oxygen atoms in total. The Morgan fingerprint density at radius 2 is 2.21 bits per heavy atom. The van der Waals surface area contributed by atoms with E-state index in [0.29, 0.717) is 12.5 Å². The first-order valence-electron chi connectivity index (χ1n) is 6.86. The van der Waals surface area contributed by atoms with Gasteiger partial charge in [-0.15, -0.1) is 0 Å². The summed E-state index contributed by atoms with van der Waals surface area (Å²) in [5.41, 5.74) is 7.58. The molecule has 1 atom stereocenters. The number of aryl methyl sites for hydroxylation is 1. The molecule has 3 rings (SSSR count). The van der Waals surface area contributed by atoms with Gasteiger partial charge in [0.2, 0.25) is 5.91 Å². The molecule has 4 heteroatoms. The summed E-state index contributed by atoms with van der Waals surface area (Å²) in [5, 5.41) is 3.47. The molecular weight excluding hydrogens is 240 g/mol. The Labute approximate surface area is 113 Å². The van der Waals surface area contributed by atoms with Crippen LogP contribution in [0.2, 0.25) is 0 Å². The number of ether oxygens (including phenoxy) is 1. The summed E-state index contributed by atoms with van der Waals surface area (Å²) in [6, 6.07) is 6.57. The Morgan fingerprint density at radius 1 is 1.42 bits per heavy atom. The zero-order valence-corrected chi connectivity index (χ0v) is 11.2. The number of methoxy groups -OCH3 is 1. The van der Waals surface area contributed by atoms with Gasteiger partial charge in [-0.05, 0) is 48.9 Å². The normalized spacial score (nSPS) is 25.7. The fraction of sp³-hybridized carbons (Fsp3) is 0.533. The van der Waals surface area contributed by atoms with Gasteiger partial charge in [0.1, 0.15) is 11.3 Å². The molecule has 1 saturated carbocycles. The number of fused-ring (bicyclic) bond motifs is 1. The van der Waals surface area contributed by atoms with Crippen molar-refractivity contribution in [2.45, 2.75) is 43.7 Å². The van der Waals surface area contributed by atoms with Crippen molar-refractivity contribution in [3.63, 3.8) is 0 Å². The minimum atomic E-state index is -0.569. The number of amides is 1. The first-order valence-corrected chi connectivity index (χ1v) is 6.86. The molecule has 1 amide bonds. The van der Waals surface area contributed by atoms with E-state index in [9.17, 15) is 4.79 Å². The van der Waals surface area contributed by atoms with E-state index in [1.54, 1.807) is 7.11 Å². The maximum atomic E-state index is 11.9. The highest BCUT2D eigenvalue weighted by atomic mass is 16.5. The van der Waals surface area contributed by atoms with E-state index < -0.39 is 5.54 Å². The lowest BCUT2D eigenvalue weighted by Gasteiger charge is -2.36. The Bertz CT molecular complexity index is 511. The van der Waals surface area contributed by atoms with Crippen LogP contribution in [0.25, 0.3) is 0 Å². The summed E-state index contributed by atoms with van der Waals surface area (Å²) in [4.78, 5) is 11.9. The summed E-state index contributed by atoms with van der Waals surface area (Å²) in [5.74, 6) is 0.610. The second kappa shape index (κ2) is 4.53. The van der Waals surface area contributed by atoms with Crippen LogP contribution in [0.5, 0.6) is 5.75 Å². The van der Waals surface area contributed by atoms with E-state index in [0.717, 1.165) is 31.4 Å². The van der Waals surface area contributed by atoms with Crippen LogP contribution in [0.4, 0.5) is 0 Å². The molecule has 2 aliphatic rings. The lowest BCUT2D eigenvalue weighted by molar-refractivity contribution is -0.125. The van der Waals surface area contributed by atoms with Crippen LogP contribution in [0.15, 0.2) is 18.2 Å². The quantitative estimate of drug-likeness (QED) is 0.854. The maximum absolute atomic E-state index is 11.9. The topological polar surface area (TPSA) is 64.3 Å². The van der Waals surface area contributed by atoms with E-state index in [1.807, 2.05) is 12.1 Å². The van der Waals surface area contributed by atoms with Crippen molar-refractivity contribution in [2.75, 3.05) is 7.11 Å². The van der Waals surface area contributed by atoms with Gasteiger partial charge in [-0.3, -0.25) is 4.79 Å². The van der Waals surface area contributed by atoms with Crippen LogP contribution in [-0.2, 0) is 17.6 Å². The van der Waals surface area contributed by atoms with Crippen molar-refractivity contribution in [1.29, 1.82) is 0 Å². The Morgan fingerprint density at radius 3 is 2.84 bits per heavy atom. The predicted octanol–water partition coefficient (Wildman–Crippen LogP) is 1.16. The fourth-order valence-electron chi connectivity index (χ4n) is 2.92. The average molecular weight is 260 g/mol. The standard InChI is InChI=1S/C15H20N2O2/c1-19-13-5-2-10-6-7-15(14(16)18,9-11(10)8-13)17-12-3-4-12/h2,5,8,12,17H,3-4,6-7,9H2,1H3,(H2,16,18). The molecule has 0 heterocycles. The van der Waals surface area contributed by atoms with Gasteiger partial charge >= 0.3 is 0 Å². The summed E-state index contributed by atoms with van der Waals surface area (Å²) < 4.78 is 5.27. The number of nitrogens with one attached hydrogen (secondary N) is 1. The van der Waals surface area contributed by atoms with E-state index in [1.165, 1.54) is 11.1 Å². The zero-order valence-electron chi connectivity index (χ0n) is 11.2. The number of carbonyl (C=O) groups is 1. The average Bonchev–Trinajstić information content (AvgIpc) is 3.21. The number of primary amides is 1. The molecule has 1 unspecified atom stereocenters. The molecule has 0 aliphatic heterocycles. The monoisotopic (exact) mass is 260 g/mol. The third kappa shape index (κ3) is 2.32. The number of nitrogens with two attached hydrogens (primary N) is 1. The van der Waals surface area contributed by atoms with E-state index in [4.69, 9.17) is 10.5 Å². The summed E-state index contributed by atoms with van der Waals surface area (Å²) >= 11 is 0. The number of carbonyl (C=O) groups excluding carboxylic acids is 1. The molecule has 1 aromatic rings. The lowest BCUT2D eigenvalue weighted by Crippen LogP contribution is -2.59. The molecule has 102 valence electrons. The predicted molar refractivity (Wildman–Crippen MR) is 73.1 cm³/mol. The molecule has 0 saturated heterocycles. The van der Waals surface area contributed by atoms with Crippen molar-refractivity contribution in [2.24, 2.45) is 5.73 Å². The minimum absolute atomic E-state index is 0.229. The summed E-state index contributed by atoms with van der Waals surface area (Å²) in [7, 11) is 1.66. The highest BCUT2D eigenvalue weighted by molar-refractivity contribution is 5.85. The highest BCUT2D eigenvalue weighted by Gasteiger charge is 2.43. The summed E-state index contributed by atoms with van der Waals surface area (Å²) in [6.07, 6.45) is 4.66. The van der Waals surface area contributed by atoms with Crippen LogP contribution in [0.3, 0.4) is 0 Å². The van der Waals surface area contributed by atoms with Gasteiger partial charge in [-0.1, -0.05) is 6.07 Å². The van der Waals surface area contributed by atoms with Gasteiger partial charge in [-0.2, -0.15) is 0 Å². The van der Waals surface area contributed by atoms with Crippen LogP contribution in [0, 0.1) is 0 Å². The second-order valence-electron chi connectivity index (χ2n) is 5.68. The molecule has 0 spiro atoms. The second-order valence-corrected chi connectivity index (χ2v) is 5.68. The van der Waals surface area contributed by atoms with E-state index >= 15 is 0 Å². The zero-order chi connectivity index (χ0) is 13.5. The minimum Gasteiger partial charge on any atom is -0.497 e. The molecule has 1 aromatic carbocycles. The van der Waals surface area contributed by atoms with Gasteiger partial charge in [0.05, 0.1) is 7.11 Å². The molecule has 1 fully saturated rings. The van der Waals surface area contributed by atoms with Crippen LogP contribution in [-0.4, -0.2) is 24.6 Å². The fourth-order valence-corrected chi connectivity index (χ4v) is 2.92. The number of hydrogen-bond donors (Lipinski definition) is 2. The largest absolute Gasteiger partial charge is 0.497 e. The first kappa shape index (κ1) is 12.5. The van der Waals surface area contributed by atoms with Crippen LogP contribution >= 0.6 is 0 Å². The van der Waals surface area contributed by atoms with Crippen LogP contribution in [0.1, 0.15) is 30.4 Å². The van der Waals surface area contributed by atoms with Gasteiger partial charge in [0.15, 0.2) is 0 Å². The maximum Gasteiger partial charge on any atom is 0.238 e. The van der Waals surface area contributed by atoms with Crippen LogP contribution < -0.4 is 15.8 Å². The van der Waals surface area contributed by atoms with Gasteiger partial charge < -0.3 is 15.8 Å². The molecule has 19 heavy (non-hydrogen) atoms. The Balaban J connectivity index is 1.90. The third-order valence-electron chi connectivity index (χ3n) is 4.26. The SMILES string of the molecule is COc1ccc2c(c1)CC(NC1CC1)(C(N)=O)CC2. The molecule has 0 aromatic heterocycles. The lowest BCUT2D eigenvalue weighted by atomic mass is 9.77. The molecule has 3 N–H and O–H groups in total. The van der Waals surface area contributed by atoms with E-state index in [2.05, 4.69) is 11.4 Å². The van der Waals surface area contributed by atoms with Gasteiger partial charge in [-0.25, -0.2) is 0 Å². The highest BCUT2D eigenvalue weighted by Crippen LogP contribution is 2.34. The first-order chi connectivity index (χ1) is 9.13. The number of rotatable bonds is 4.